The van der Waals surface area contributed by atoms with Gasteiger partial charge >= 0.3 is 5.97 Å². The lowest BCUT2D eigenvalue weighted by molar-refractivity contribution is -0.123. The highest BCUT2D eigenvalue weighted by Gasteiger charge is 2.25. The first-order chi connectivity index (χ1) is 15.7. The lowest BCUT2D eigenvalue weighted by Gasteiger charge is -2.14. The molecule has 1 atom stereocenters. The van der Waals surface area contributed by atoms with Gasteiger partial charge in [-0.05, 0) is 58.0 Å². The van der Waals surface area contributed by atoms with Gasteiger partial charge < -0.3 is 14.6 Å². The zero-order chi connectivity index (χ0) is 23.9. The van der Waals surface area contributed by atoms with Gasteiger partial charge in [0.25, 0.3) is 11.6 Å². The smallest absolute Gasteiger partial charge is 0.339 e. The molecule has 1 N–H and O–H groups in total. The molecule has 4 aromatic rings. The largest absolute Gasteiger partial charge is 0.449 e. The van der Waals surface area contributed by atoms with Crippen LogP contribution in [0.3, 0.4) is 0 Å². The van der Waals surface area contributed by atoms with Crippen molar-refractivity contribution >= 4 is 28.7 Å². The predicted molar refractivity (Wildman–Crippen MR) is 118 cm³/mol. The lowest BCUT2D eigenvalue weighted by atomic mass is 10.1. The summed E-state index contributed by atoms with van der Waals surface area (Å²) in [4.78, 5) is 30.1. The molecule has 0 saturated carbocycles. The molecule has 33 heavy (non-hydrogen) atoms. The van der Waals surface area contributed by atoms with Gasteiger partial charge in [-0.3, -0.25) is 9.48 Å². The van der Waals surface area contributed by atoms with E-state index >= 15 is 0 Å². The summed E-state index contributed by atoms with van der Waals surface area (Å²) < 4.78 is 25.7. The van der Waals surface area contributed by atoms with Crippen LogP contribution in [0.1, 0.15) is 34.4 Å². The first-order valence-electron chi connectivity index (χ1n) is 10.2. The Morgan fingerprint density at radius 2 is 1.85 bits per heavy atom. The van der Waals surface area contributed by atoms with E-state index in [0.717, 1.165) is 5.69 Å². The number of ether oxygens (including phenoxy) is 1. The molecule has 0 bridgehead atoms. The number of carbonyl (C=O) groups is 2. The van der Waals surface area contributed by atoms with Crippen LogP contribution in [0.15, 0.2) is 34.9 Å². The van der Waals surface area contributed by atoms with Crippen LogP contribution in [0.4, 0.5) is 10.1 Å². The normalized spacial score (nSPS) is 12.1. The number of benzene rings is 1. The maximum Gasteiger partial charge on any atom is 0.339 e. The van der Waals surface area contributed by atoms with E-state index in [1.807, 2.05) is 6.92 Å². The third-order valence-corrected chi connectivity index (χ3v) is 5.39. The Bertz CT molecular complexity index is 1370. The van der Waals surface area contributed by atoms with Crippen LogP contribution < -0.4 is 5.32 Å². The van der Waals surface area contributed by atoms with Crippen molar-refractivity contribution in [3.8, 4) is 11.3 Å². The van der Waals surface area contributed by atoms with Gasteiger partial charge in [-0.15, -0.1) is 0 Å². The number of hydrogen-bond donors (Lipinski definition) is 1. The van der Waals surface area contributed by atoms with E-state index < -0.39 is 23.8 Å². The number of nitrogens with zero attached hydrogens (tertiary/aromatic N) is 4. The molecule has 0 spiro atoms. The van der Waals surface area contributed by atoms with Crippen LogP contribution in [-0.4, -0.2) is 37.9 Å². The van der Waals surface area contributed by atoms with E-state index in [2.05, 4.69) is 20.6 Å². The Balaban J connectivity index is 1.62. The molecule has 170 valence electrons. The fourth-order valence-corrected chi connectivity index (χ4v) is 3.48. The zero-order valence-corrected chi connectivity index (χ0v) is 18.8. The number of anilines is 1. The Morgan fingerprint density at radius 3 is 2.48 bits per heavy atom. The molecule has 4 rings (SSSR count). The van der Waals surface area contributed by atoms with Crippen molar-refractivity contribution < 1.29 is 23.2 Å². The second-order valence-electron chi connectivity index (χ2n) is 7.72. The van der Waals surface area contributed by atoms with Gasteiger partial charge in [-0.1, -0.05) is 5.16 Å². The molecule has 1 amide bonds. The molecule has 10 heteroatoms. The summed E-state index contributed by atoms with van der Waals surface area (Å²) in [6, 6.07) is 7.18. The number of aromatic nitrogens is 4. The van der Waals surface area contributed by atoms with Crippen LogP contribution in [0.5, 0.6) is 0 Å². The molecule has 9 nitrogen and oxygen atoms in total. The Morgan fingerprint density at radius 1 is 1.15 bits per heavy atom. The van der Waals surface area contributed by atoms with Crippen molar-refractivity contribution in [2.24, 2.45) is 7.05 Å². The van der Waals surface area contributed by atoms with Crippen LogP contribution in [0.2, 0.25) is 0 Å². The van der Waals surface area contributed by atoms with E-state index in [1.165, 1.54) is 37.3 Å². The standard InChI is InChI=1S/C23H22FN5O4/c1-11-19-17(10-18(25-22(19)33-28-11)15-6-8-16(24)9-7-15)23(31)32-14(4)21(30)26-20-12(2)27-29(5)13(20)3/h6-10,14H,1-5H3,(H,26,30). The minimum Gasteiger partial charge on any atom is -0.449 e. The van der Waals surface area contributed by atoms with Gasteiger partial charge in [0.05, 0.1) is 39.4 Å². The highest BCUT2D eigenvalue weighted by atomic mass is 19.1. The molecule has 0 fully saturated rings. The molecule has 3 heterocycles. The summed E-state index contributed by atoms with van der Waals surface area (Å²) in [6.07, 6.45) is -1.09. The number of nitrogens with one attached hydrogen (secondary N) is 1. The van der Waals surface area contributed by atoms with Gasteiger partial charge in [0.2, 0.25) is 0 Å². The zero-order valence-electron chi connectivity index (χ0n) is 18.8. The number of pyridine rings is 1. The number of rotatable bonds is 5. The van der Waals surface area contributed by atoms with Crippen molar-refractivity contribution in [3.63, 3.8) is 0 Å². The number of hydrogen-bond acceptors (Lipinski definition) is 7. The van der Waals surface area contributed by atoms with Crippen molar-refractivity contribution in [1.82, 2.24) is 19.9 Å². The van der Waals surface area contributed by atoms with E-state index in [4.69, 9.17) is 9.26 Å². The number of aryl methyl sites for hydroxylation is 3. The Labute approximate surface area is 188 Å². The first kappa shape index (κ1) is 22.1. The lowest BCUT2D eigenvalue weighted by Crippen LogP contribution is -2.30. The van der Waals surface area contributed by atoms with E-state index in [0.29, 0.717) is 33.7 Å². The highest BCUT2D eigenvalue weighted by Crippen LogP contribution is 2.28. The average Bonchev–Trinajstić information content (AvgIpc) is 3.27. The van der Waals surface area contributed by atoms with Gasteiger partial charge in [0, 0.05) is 12.6 Å². The quantitative estimate of drug-likeness (QED) is 0.458. The van der Waals surface area contributed by atoms with Crippen LogP contribution in [0, 0.1) is 26.6 Å². The molecule has 0 radical (unpaired) electrons. The van der Waals surface area contributed by atoms with Crippen molar-refractivity contribution in [2.75, 3.05) is 5.32 Å². The average molecular weight is 451 g/mol. The molecule has 0 aliphatic carbocycles. The van der Waals surface area contributed by atoms with Crippen molar-refractivity contribution in [1.29, 1.82) is 0 Å². The summed E-state index contributed by atoms with van der Waals surface area (Å²) in [6.45, 7) is 6.75. The maximum atomic E-state index is 13.3. The summed E-state index contributed by atoms with van der Waals surface area (Å²) in [7, 11) is 1.77. The number of carbonyl (C=O) groups excluding carboxylic acids is 2. The molecule has 3 aromatic heterocycles. The second-order valence-corrected chi connectivity index (χ2v) is 7.72. The highest BCUT2D eigenvalue weighted by molar-refractivity contribution is 6.05. The number of amides is 1. The van der Waals surface area contributed by atoms with E-state index in [1.54, 1.807) is 25.6 Å². The third-order valence-electron chi connectivity index (χ3n) is 5.39. The Hall–Kier alpha value is -4.08. The van der Waals surface area contributed by atoms with Gasteiger partial charge in [-0.25, -0.2) is 14.2 Å². The van der Waals surface area contributed by atoms with E-state index in [9.17, 15) is 14.0 Å². The fraction of sp³-hybridized carbons (Fsp3) is 0.261. The summed E-state index contributed by atoms with van der Waals surface area (Å²) in [5.41, 5.74) is 3.70. The topological polar surface area (TPSA) is 112 Å². The molecule has 0 saturated heterocycles. The summed E-state index contributed by atoms with van der Waals surface area (Å²) >= 11 is 0. The summed E-state index contributed by atoms with van der Waals surface area (Å²) in [5, 5.41) is 11.3. The van der Waals surface area contributed by atoms with Crippen LogP contribution in [0.25, 0.3) is 22.4 Å². The molecule has 0 aliphatic heterocycles. The number of halogens is 1. The molecule has 1 aromatic carbocycles. The molecular weight excluding hydrogens is 429 g/mol. The van der Waals surface area contributed by atoms with Crippen LogP contribution in [-0.2, 0) is 16.6 Å². The second kappa shape index (κ2) is 8.45. The number of esters is 1. The Kier molecular flexibility index (Phi) is 5.67. The predicted octanol–water partition coefficient (Wildman–Crippen LogP) is 3.87. The molecule has 1 unspecified atom stereocenters. The first-order valence-corrected chi connectivity index (χ1v) is 10.2. The summed E-state index contributed by atoms with van der Waals surface area (Å²) in [5.74, 6) is -1.62. The third kappa shape index (κ3) is 4.19. The van der Waals surface area contributed by atoms with Gasteiger partial charge in [0.15, 0.2) is 6.10 Å². The maximum absolute atomic E-state index is 13.3. The minimum absolute atomic E-state index is 0.139. The van der Waals surface area contributed by atoms with Gasteiger partial charge in [0.1, 0.15) is 5.82 Å². The fourth-order valence-electron chi connectivity index (χ4n) is 3.48. The molecular formula is C23H22FN5O4. The van der Waals surface area contributed by atoms with E-state index in [-0.39, 0.29) is 11.3 Å². The van der Waals surface area contributed by atoms with Crippen LogP contribution >= 0.6 is 0 Å². The van der Waals surface area contributed by atoms with Gasteiger partial charge in [-0.2, -0.15) is 5.10 Å². The SMILES string of the molecule is Cc1nn(C)c(C)c1NC(=O)C(C)OC(=O)c1cc(-c2ccc(F)cc2)nc2onc(C)c12. The monoisotopic (exact) mass is 451 g/mol. The van der Waals surface area contributed by atoms with Crippen molar-refractivity contribution in [2.45, 2.75) is 33.8 Å². The van der Waals surface area contributed by atoms with Crippen molar-refractivity contribution in [3.05, 3.63) is 58.8 Å². The minimum atomic E-state index is -1.09. The molecule has 0 aliphatic rings. The number of fused-ring (bicyclic) bond motifs is 1.